The van der Waals surface area contributed by atoms with Crippen LogP contribution in [0.5, 0.6) is 17.2 Å². The van der Waals surface area contributed by atoms with Crippen molar-refractivity contribution in [2.45, 2.75) is 13.3 Å². The van der Waals surface area contributed by atoms with Crippen molar-refractivity contribution in [3.8, 4) is 17.2 Å². The van der Waals surface area contributed by atoms with Gasteiger partial charge in [-0.3, -0.25) is 0 Å². The van der Waals surface area contributed by atoms with E-state index >= 15 is 0 Å². The number of hydrogen-bond acceptors (Lipinski definition) is 7. The van der Waals surface area contributed by atoms with E-state index < -0.39 is 5.97 Å². The molecular formula is C24H25NO5S. The summed E-state index contributed by atoms with van der Waals surface area (Å²) in [7, 11) is 6.06. The zero-order chi connectivity index (χ0) is 22.4. The number of aliphatic imine (C=N–C) groups is 1. The van der Waals surface area contributed by atoms with Gasteiger partial charge in [0.25, 0.3) is 0 Å². The molecule has 3 rings (SSSR count). The highest BCUT2D eigenvalue weighted by atomic mass is 32.1. The Bertz CT molecular complexity index is 1060. The molecule has 31 heavy (non-hydrogen) atoms. The molecule has 1 heterocycles. The highest BCUT2D eigenvalue weighted by molar-refractivity contribution is 7.16. The minimum Gasteiger partial charge on any atom is -0.493 e. The number of nitrogens with zero attached hydrogens (tertiary/aromatic N) is 1. The summed E-state index contributed by atoms with van der Waals surface area (Å²) in [5.41, 5.74) is 3.30. The molecule has 0 radical (unpaired) electrons. The molecular weight excluding hydrogens is 414 g/mol. The SMILES string of the molecule is COC(=O)c1c(N=Cc2cc(OC)c(OC)c(OC)c2)sc(Cc2ccccc2)c1C. The molecule has 7 heteroatoms. The first-order valence-electron chi connectivity index (χ1n) is 9.60. The first-order chi connectivity index (χ1) is 15.0. The summed E-state index contributed by atoms with van der Waals surface area (Å²) in [6.45, 7) is 1.93. The van der Waals surface area contributed by atoms with Crippen LogP contribution >= 0.6 is 11.3 Å². The minimum atomic E-state index is -0.398. The van der Waals surface area contributed by atoms with Crippen LogP contribution in [0.15, 0.2) is 47.5 Å². The second-order valence-electron chi connectivity index (χ2n) is 6.70. The van der Waals surface area contributed by atoms with Crippen LogP contribution in [0.2, 0.25) is 0 Å². The summed E-state index contributed by atoms with van der Waals surface area (Å²) in [6, 6.07) is 13.7. The molecule has 0 saturated carbocycles. The Balaban J connectivity index is 2.01. The van der Waals surface area contributed by atoms with Crippen molar-refractivity contribution < 1.29 is 23.7 Å². The van der Waals surface area contributed by atoms with Crippen LogP contribution in [0, 0.1) is 6.92 Å². The van der Waals surface area contributed by atoms with Gasteiger partial charge in [0.05, 0.1) is 34.0 Å². The second kappa shape index (κ2) is 10.1. The third-order valence-corrected chi connectivity index (χ3v) is 6.04. The number of esters is 1. The average molecular weight is 440 g/mol. The molecule has 1 aromatic heterocycles. The lowest BCUT2D eigenvalue weighted by atomic mass is 10.1. The molecule has 0 N–H and O–H groups in total. The van der Waals surface area contributed by atoms with Crippen LogP contribution < -0.4 is 14.2 Å². The third kappa shape index (κ3) is 4.88. The van der Waals surface area contributed by atoms with Crippen LogP contribution in [0.4, 0.5) is 5.00 Å². The summed E-state index contributed by atoms with van der Waals surface area (Å²) in [6.07, 6.45) is 2.40. The Morgan fingerprint density at radius 1 is 1.00 bits per heavy atom. The van der Waals surface area contributed by atoms with Crippen molar-refractivity contribution >= 4 is 28.5 Å². The zero-order valence-corrected chi connectivity index (χ0v) is 19.0. The van der Waals surface area contributed by atoms with Crippen molar-refractivity contribution in [1.29, 1.82) is 0 Å². The molecule has 0 bridgehead atoms. The summed E-state index contributed by atoms with van der Waals surface area (Å²) in [5.74, 6) is 1.17. The molecule has 6 nitrogen and oxygen atoms in total. The van der Waals surface area contributed by atoms with Gasteiger partial charge in [0, 0.05) is 23.1 Å². The quantitative estimate of drug-likeness (QED) is 0.356. The van der Waals surface area contributed by atoms with Gasteiger partial charge < -0.3 is 18.9 Å². The zero-order valence-electron chi connectivity index (χ0n) is 18.2. The number of benzene rings is 2. The van der Waals surface area contributed by atoms with Gasteiger partial charge in [-0.15, -0.1) is 11.3 Å². The van der Waals surface area contributed by atoms with E-state index in [0.29, 0.717) is 27.8 Å². The maximum Gasteiger partial charge on any atom is 0.341 e. The van der Waals surface area contributed by atoms with Crippen LogP contribution in [-0.4, -0.2) is 40.6 Å². The number of carbonyl (C=O) groups is 1. The Kier molecular flexibility index (Phi) is 7.31. The molecule has 2 aromatic carbocycles. The van der Waals surface area contributed by atoms with Gasteiger partial charge in [-0.05, 0) is 30.2 Å². The highest BCUT2D eigenvalue weighted by Gasteiger charge is 2.22. The maximum absolute atomic E-state index is 12.5. The monoisotopic (exact) mass is 439 g/mol. The molecule has 0 aliphatic heterocycles. The van der Waals surface area contributed by atoms with Crippen LogP contribution in [-0.2, 0) is 11.2 Å². The molecule has 0 aliphatic rings. The van der Waals surface area contributed by atoms with E-state index in [0.717, 1.165) is 22.4 Å². The predicted octanol–water partition coefficient (Wildman–Crippen LogP) is 5.21. The molecule has 162 valence electrons. The minimum absolute atomic E-state index is 0.398. The van der Waals surface area contributed by atoms with E-state index in [1.807, 2.05) is 25.1 Å². The molecule has 0 atom stereocenters. The van der Waals surface area contributed by atoms with Gasteiger partial charge in [0.1, 0.15) is 5.00 Å². The van der Waals surface area contributed by atoms with Gasteiger partial charge in [-0.2, -0.15) is 0 Å². The predicted molar refractivity (Wildman–Crippen MR) is 123 cm³/mol. The lowest BCUT2D eigenvalue weighted by Crippen LogP contribution is -2.02. The molecule has 0 fully saturated rings. The van der Waals surface area contributed by atoms with Crippen LogP contribution in [0.3, 0.4) is 0 Å². The van der Waals surface area contributed by atoms with Crippen molar-refractivity contribution in [1.82, 2.24) is 0 Å². The number of ether oxygens (including phenoxy) is 4. The number of methoxy groups -OCH3 is 4. The van der Waals surface area contributed by atoms with E-state index in [4.69, 9.17) is 18.9 Å². The maximum atomic E-state index is 12.5. The number of carbonyl (C=O) groups excluding carboxylic acids is 1. The van der Waals surface area contributed by atoms with Gasteiger partial charge in [-0.25, -0.2) is 9.79 Å². The lowest BCUT2D eigenvalue weighted by molar-refractivity contribution is 0.0601. The van der Waals surface area contributed by atoms with Gasteiger partial charge in [0.2, 0.25) is 5.75 Å². The van der Waals surface area contributed by atoms with Crippen molar-refractivity contribution in [2.24, 2.45) is 4.99 Å². The molecule has 0 unspecified atom stereocenters. The molecule has 0 amide bonds. The van der Waals surface area contributed by atoms with E-state index in [-0.39, 0.29) is 0 Å². The summed E-state index contributed by atoms with van der Waals surface area (Å²) in [5, 5.41) is 0.601. The Labute approximate surface area is 186 Å². The fourth-order valence-electron chi connectivity index (χ4n) is 3.24. The average Bonchev–Trinajstić information content (AvgIpc) is 3.11. The first-order valence-corrected chi connectivity index (χ1v) is 10.4. The molecule has 3 aromatic rings. The number of thiophene rings is 1. The Morgan fingerprint density at radius 3 is 2.19 bits per heavy atom. The van der Waals surface area contributed by atoms with E-state index in [2.05, 4.69) is 17.1 Å². The second-order valence-corrected chi connectivity index (χ2v) is 7.78. The Morgan fingerprint density at radius 2 is 1.65 bits per heavy atom. The molecule has 0 saturated heterocycles. The summed E-state index contributed by atoms with van der Waals surface area (Å²) < 4.78 is 21.2. The molecule has 0 spiro atoms. The summed E-state index contributed by atoms with van der Waals surface area (Å²) in [4.78, 5) is 18.2. The van der Waals surface area contributed by atoms with Gasteiger partial charge in [-0.1, -0.05) is 30.3 Å². The van der Waals surface area contributed by atoms with E-state index in [1.165, 1.54) is 24.0 Å². The third-order valence-electron chi connectivity index (χ3n) is 4.84. The van der Waals surface area contributed by atoms with Crippen molar-refractivity contribution in [2.75, 3.05) is 28.4 Å². The fourth-order valence-corrected chi connectivity index (χ4v) is 4.41. The summed E-state index contributed by atoms with van der Waals surface area (Å²) >= 11 is 1.49. The standard InChI is InChI=1S/C24H25NO5S/c1-15-20(13-16-9-7-6-8-10-16)31-23(21(15)24(26)30-5)25-14-17-11-18(27-2)22(29-4)19(12-17)28-3/h6-12,14H,13H2,1-5H3. The number of rotatable bonds is 8. The normalized spacial score (nSPS) is 10.9. The van der Waals surface area contributed by atoms with Crippen LogP contribution in [0.1, 0.15) is 31.9 Å². The topological polar surface area (TPSA) is 66.4 Å². The Hall–Kier alpha value is -3.32. The van der Waals surface area contributed by atoms with E-state index in [1.54, 1.807) is 39.7 Å². The lowest BCUT2D eigenvalue weighted by Gasteiger charge is -2.12. The fraction of sp³-hybridized carbons (Fsp3) is 0.250. The largest absolute Gasteiger partial charge is 0.493 e. The van der Waals surface area contributed by atoms with Crippen LogP contribution in [0.25, 0.3) is 0 Å². The van der Waals surface area contributed by atoms with E-state index in [9.17, 15) is 4.79 Å². The number of hydrogen-bond donors (Lipinski definition) is 0. The molecule has 0 aliphatic carbocycles. The van der Waals surface area contributed by atoms with Gasteiger partial charge >= 0.3 is 5.97 Å². The highest BCUT2D eigenvalue weighted by Crippen LogP contribution is 2.39. The smallest absolute Gasteiger partial charge is 0.341 e. The first kappa shape index (κ1) is 22.4. The van der Waals surface area contributed by atoms with Crippen molar-refractivity contribution in [3.63, 3.8) is 0 Å². The van der Waals surface area contributed by atoms with Gasteiger partial charge in [0.15, 0.2) is 11.5 Å². The van der Waals surface area contributed by atoms with Crippen molar-refractivity contribution in [3.05, 3.63) is 69.6 Å².